The number of likely N-dealkylation sites (tertiary alicyclic amines) is 1. The third-order valence-electron chi connectivity index (χ3n) is 3.06. The summed E-state index contributed by atoms with van der Waals surface area (Å²) in [7, 11) is 2.25. The zero-order valence-electron chi connectivity index (χ0n) is 9.47. The van der Waals surface area contributed by atoms with Crippen LogP contribution in [0, 0.1) is 0 Å². The van der Waals surface area contributed by atoms with Crippen LogP contribution in [0.15, 0.2) is 12.7 Å². The molecule has 0 bridgehead atoms. The van der Waals surface area contributed by atoms with E-state index in [4.69, 9.17) is 0 Å². The Labute approximate surface area is 88.4 Å². The first-order chi connectivity index (χ1) is 6.84. The van der Waals surface area contributed by atoms with Crippen LogP contribution >= 0.6 is 0 Å². The molecule has 1 atom stereocenters. The molecular formula is C12H24N2. The van der Waals surface area contributed by atoms with Crippen LogP contribution in [0.4, 0.5) is 0 Å². The van der Waals surface area contributed by atoms with Crippen LogP contribution in [0.3, 0.4) is 0 Å². The van der Waals surface area contributed by atoms with Gasteiger partial charge < -0.3 is 10.2 Å². The van der Waals surface area contributed by atoms with Crippen LogP contribution in [0.1, 0.15) is 32.1 Å². The number of rotatable bonds is 6. The third kappa shape index (κ3) is 4.25. The van der Waals surface area contributed by atoms with Crippen LogP contribution in [0.2, 0.25) is 0 Å². The second-order valence-corrected chi connectivity index (χ2v) is 4.27. The van der Waals surface area contributed by atoms with Crippen molar-refractivity contribution < 1.29 is 0 Å². The summed E-state index contributed by atoms with van der Waals surface area (Å²) in [5.74, 6) is 0. The van der Waals surface area contributed by atoms with Gasteiger partial charge in [-0.15, -0.1) is 6.58 Å². The van der Waals surface area contributed by atoms with Gasteiger partial charge in [0.15, 0.2) is 0 Å². The van der Waals surface area contributed by atoms with E-state index in [1.165, 1.54) is 32.2 Å². The Morgan fingerprint density at radius 3 is 3.07 bits per heavy atom. The molecule has 0 amide bonds. The summed E-state index contributed by atoms with van der Waals surface area (Å²) in [6, 6.07) is 0.771. The molecule has 1 heterocycles. The predicted octanol–water partition coefficient (Wildman–Crippen LogP) is 2.03. The molecule has 0 aromatic carbocycles. The molecule has 0 spiro atoms. The van der Waals surface area contributed by atoms with Gasteiger partial charge in [-0.05, 0) is 45.8 Å². The van der Waals surface area contributed by atoms with E-state index in [1.807, 2.05) is 6.08 Å². The van der Waals surface area contributed by atoms with Gasteiger partial charge in [-0.3, -0.25) is 0 Å². The van der Waals surface area contributed by atoms with E-state index < -0.39 is 0 Å². The molecule has 1 rings (SSSR count). The van der Waals surface area contributed by atoms with Crippen molar-refractivity contribution in [3.05, 3.63) is 12.7 Å². The number of allylic oxidation sites excluding steroid dienone is 1. The minimum absolute atomic E-state index is 0.771. The van der Waals surface area contributed by atoms with Gasteiger partial charge in [-0.2, -0.15) is 0 Å². The maximum absolute atomic E-state index is 3.72. The van der Waals surface area contributed by atoms with Crippen molar-refractivity contribution in [3.8, 4) is 0 Å². The number of unbranched alkanes of at least 4 members (excludes halogenated alkanes) is 1. The van der Waals surface area contributed by atoms with Crippen LogP contribution in [0.25, 0.3) is 0 Å². The lowest BCUT2D eigenvalue weighted by Gasteiger charge is -2.32. The lowest BCUT2D eigenvalue weighted by atomic mass is 10.0. The largest absolute Gasteiger partial charge is 0.315 e. The molecule has 2 heteroatoms. The molecule has 2 nitrogen and oxygen atoms in total. The number of hydrogen-bond donors (Lipinski definition) is 1. The van der Waals surface area contributed by atoms with E-state index in [0.717, 1.165) is 25.6 Å². The molecule has 1 unspecified atom stereocenters. The van der Waals surface area contributed by atoms with Gasteiger partial charge in [-0.1, -0.05) is 12.5 Å². The summed E-state index contributed by atoms with van der Waals surface area (Å²) < 4.78 is 0. The van der Waals surface area contributed by atoms with Crippen molar-refractivity contribution >= 4 is 0 Å². The number of hydrogen-bond acceptors (Lipinski definition) is 2. The minimum Gasteiger partial charge on any atom is -0.315 e. The zero-order valence-corrected chi connectivity index (χ0v) is 9.47. The highest BCUT2D eigenvalue weighted by atomic mass is 15.2. The predicted molar refractivity (Wildman–Crippen MR) is 62.6 cm³/mol. The van der Waals surface area contributed by atoms with Gasteiger partial charge in [0.1, 0.15) is 0 Å². The van der Waals surface area contributed by atoms with Crippen molar-refractivity contribution in [2.24, 2.45) is 0 Å². The Kier molecular flexibility index (Phi) is 5.88. The van der Waals surface area contributed by atoms with E-state index in [2.05, 4.69) is 23.8 Å². The first-order valence-corrected chi connectivity index (χ1v) is 5.86. The van der Waals surface area contributed by atoms with E-state index in [-0.39, 0.29) is 0 Å². The third-order valence-corrected chi connectivity index (χ3v) is 3.06. The molecule has 14 heavy (non-hydrogen) atoms. The average molecular weight is 196 g/mol. The summed E-state index contributed by atoms with van der Waals surface area (Å²) in [5.41, 5.74) is 0. The quantitative estimate of drug-likeness (QED) is 0.516. The second kappa shape index (κ2) is 7.02. The summed E-state index contributed by atoms with van der Waals surface area (Å²) in [5, 5.41) is 3.53. The van der Waals surface area contributed by atoms with Crippen molar-refractivity contribution in [1.29, 1.82) is 0 Å². The molecule has 1 fully saturated rings. The summed E-state index contributed by atoms with van der Waals surface area (Å²) >= 11 is 0. The van der Waals surface area contributed by atoms with Gasteiger partial charge in [0.05, 0.1) is 0 Å². The van der Waals surface area contributed by atoms with Crippen molar-refractivity contribution in [2.75, 3.05) is 26.7 Å². The first-order valence-electron chi connectivity index (χ1n) is 5.86. The monoisotopic (exact) mass is 196 g/mol. The lowest BCUT2D eigenvalue weighted by Crippen LogP contribution is -2.43. The summed E-state index contributed by atoms with van der Waals surface area (Å²) in [4.78, 5) is 2.49. The van der Waals surface area contributed by atoms with Gasteiger partial charge >= 0.3 is 0 Å². The van der Waals surface area contributed by atoms with Gasteiger partial charge in [0, 0.05) is 12.6 Å². The highest BCUT2D eigenvalue weighted by Crippen LogP contribution is 2.13. The topological polar surface area (TPSA) is 15.3 Å². The highest BCUT2D eigenvalue weighted by Gasteiger charge is 2.17. The molecular weight excluding hydrogens is 172 g/mol. The fourth-order valence-corrected chi connectivity index (χ4v) is 2.04. The summed E-state index contributed by atoms with van der Waals surface area (Å²) in [6.45, 7) is 7.30. The second-order valence-electron chi connectivity index (χ2n) is 4.27. The highest BCUT2D eigenvalue weighted by molar-refractivity contribution is 4.76. The molecule has 0 aromatic heterocycles. The summed E-state index contributed by atoms with van der Waals surface area (Å²) in [6.07, 6.45) is 8.50. The van der Waals surface area contributed by atoms with E-state index in [0.29, 0.717) is 0 Å². The molecule has 82 valence electrons. The Bertz CT molecular complexity index is 156. The van der Waals surface area contributed by atoms with E-state index in [9.17, 15) is 0 Å². The van der Waals surface area contributed by atoms with Crippen LogP contribution in [-0.4, -0.2) is 37.6 Å². The molecule has 0 saturated carbocycles. The Morgan fingerprint density at radius 1 is 1.50 bits per heavy atom. The zero-order chi connectivity index (χ0) is 10.2. The van der Waals surface area contributed by atoms with Gasteiger partial charge in [-0.25, -0.2) is 0 Å². The van der Waals surface area contributed by atoms with E-state index >= 15 is 0 Å². The standard InChI is InChI=1S/C12H24N2/c1-3-4-6-9-13-11-12-8-5-7-10-14(12)2/h3,12-13H,1,4-11H2,2H3. The SMILES string of the molecule is C=CCCCNCC1CCCCN1C. The molecule has 0 radical (unpaired) electrons. The molecule has 0 aliphatic carbocycles. The fraction of sp³-hybridized carbons (Fsp3) is 0.833. The Balaban J connectivity index is 2.01. The number of nitrogens with zero attached hydrogens (tertiary/aromatic N) is 1. The lowest BCUT2D eigenvalue weighted by molar-refractivity contribution is 0.182. The smallest absolute Gasteiger partial charge is 0.0217 e. The van der Waals surface area contributed by atoms with Gasteiger partial charge in [0.2, 0.25) is 0 Å². The molecule has 1 saturated heterocycles. The molecule has 0 aromatic rings. The van der Waals surface area contributed by atoms with Crippen LogP contribution in [-0.2, 0) is 0 Å². The number of nitrogens with one attached hydrogen (secondary N) is 1. The molecule has 1 N–H and O–H groups in total. The molecule has 1 aliphatic rings. The maximum atomic E-state index is 3.72. The fourth-order valence-electron chi connectivity index (χ4n) is 2.04. The maximum Gasteiger partial charge on any atom is 0.0217 e. The molecule has 1 aliphatic heterocycles. The van der Waals surface area contributed by atoms with Crippen molar-refractivity contribution in [3.63, 3.8) is 0 Å². The first kappa shape index (κ1) is 11.7. The van der Waals surface area contributed by atoms with Crippen LogP contribution in [0.5, 0.6) is 0 Å². The average Bonchev–Trinajstić information content (AvgIpc) is 2.20. The Hall–Kier alpha value is -0.340. The van der Waals surface area contributed by atoms with Gasteiger partial charge in [0.25, 0.3) is 0 Å². The van der Waals surface area contributed by atoms with Crippen LogP contribution < -0.4 is 5.32 Å². The van der Waals surface area contributed by atoms with E-state index in [1.54, 1.807) is 0 Å². The number of likely N-dealkylation sites (N-methyl/N-ethyl adjacent to an activating group) is 1. The minimum atomic E-state index is 0.771. The normalized spacial score (nSPS) is 23.6. The number of piperidine rings is 1. The van der Waals surface area contributed by atoms with Crippen molar-refractivity contribution in [1.82, 2.24) is 10.2 Å². The van der Waals surface area contributed by atoms with Crippen molar-refractivity contribution in [2.45, 2.75) is 38.1 Å². The Morgan fingerprint density at radius 2 is 2.36 bits per heavy atom.